The fourth-order valence-electron chi connectivity index (χ4n) is 2.95. The van der Waals surface area contributed by atoms with E-state index in [1.807, 2.05) is 0 Å². The first-order valence-corrected chi connectivity index (χ1v) is 8.45. The Hall–Kier alpha value is -3.11. The van der Waals surface area contributed by atoms with Crippen molar-refractivity contribution in [3.8, 4) is 0 Å². The van der Waals surface area contributed by atoms with Crippen molar-refractivity contribution >= 4 is 11.6 Å². The van der Waals surface area contributed by atoms with Gasteiger partial charge in [0.25, 0.3) is 6.43 Å². The van der Waals surface area contributed by atoms with Gasteiger partial charge in [0.05, 0.1) is 12.1 Å². The lowest BCUT2D eigenvalue weighted by Gasteiger charge is -2.13. The highest BCUT2D eigenvalue weighted by molar-refractivity contribution is 6.27. The van der Waals surface area contributed by atoms with E-state index < -0.39 is 52.5 Å². The van der Waals surface area contributed by atoms with Crippen molar-refractivity contribution in [2.75, 3.05) is 0 Å². The molecule has 154 valence electrons. The molecule has 0 atom stereocenters. The molecule has 3 rings (SSSR count). The van der Waals surface area contributed by atoms with Gasteiger partial charge in [0.15, 0.2) is 5.78 Å². The summed E-state index contributed by atoms with van der Waals surface area (Å²) >= 11 is 0. The van der Waals surface area contributed by atoms with Gasteiger partial charge in [-0.2, -0.15) is 18.3 Å². The van der Waals surface area contributed by atoms with Crippen molar-refractivity contribution in [2.24, 2.45) is 0 Å². The summed E-state index contributed by atoms with van der Waals surface area (Å²) < 4.78 is 65.4. The van der Waals surface area contributed by atoms with Crippen LogP contribution in [-0.2, 0) is 17.5 Å². The first kappa shape index (κ1) is 20.6. The van der Waals surface area contributed by atoms with E-state index in [0.717, 1.165) is 29.2 Å². The molecule has 0 spiro atoms. The maximum absolute atomic E-state index is 13.4. The van der Waals surface area contributed by atoms with E-state index in [1.165, 1.54) is 0 Å². The first-order valence-electron chi connectivity index (χ1n) is 8.45. The van der Waals surface area contributed by atoms with Crippen LogP contribution >= 0.6 is 0 Å². The second-order valence-corrected chi connectivity index (χ2v) is 6.40. The number of carbonyl (C=O) groups is 2. The Morgan fingerprint density at radius 2 is 1.97 bits per heavy atom. The molecule has 2 aromatic heterocycles. The summed E-state index contributed by atoms with van der Waals surface area (Å²) in [6, 6.07) is 1.85. The predicted octanol–water partition coefficient (Wildman–Crippen LogP) is 4.03. The van der Waals surface area contributed by atoms with Crippen molar-refractivity contribution in [2.45, 2.75) is 38.4 Å². The SMILES string of the molecule is O=C1CCCC(O)=C1C(=O)c1cn(Cc2ccc(C(F)(F)F)nc2)nc1C(F)F. The van der Waals surface area contributed by atoms with Gasteiger partial charge in [-0.05, 0) is 18.1 Å². The molecule has 0 saturated heterocycles. The lowest BCUT2D eigenvalue weighted by Crippen LogP contribution is -2.20. The van der Waals surface area contributed by atoms with Crippen LogP contribution < -0.4 is 0 Å². The average molecular weight is 415 g/mol. The van der Waals surface area contributed by atoms with Gasteiger partial charge in [-0.25, -0.2) is 8.78 Å². The first-order chi connectivity index (χ1) is 13.6. The van der Waals surface area contributed by atoms with Gasteiger partial charge in [0.1, 0.15) is 22.7 Å². The molecular weight excluding hydrogens is 401 g/mol. The molecule has 0 aliphatic heterocycles. The summed E-state index contributed by atoms with van der Waals surface area (Å²) in [4.78, 5) is 27.8. The normalized spacial score (nSPS) is 15.3. The van der Waals surface area contributed by atoms with Gasteiger partial charge in [0, 0.05) is 25.2 Å². The van der Waals surface area contributed by atoms with E-state index >= 15 is 0 Å². The number of rotatable bonds is 5. The molecule has 2 heterocycles. The Labute approximate surface area is 160 Å². The van der Waals surface area contributed by atoms with E-state index in [4.69, 9.17) is 0 Å². The minimum Gasteiger partial charge on any atom is -0.511 e. The van der Waals surface area contributed by atoms with Gasteiger partial charge in [-0.15, -0.1) is 0 Å². The molecule has 0 saturated carbocycles. The van der Waals surface area contributed by atoms with Gasteiger partial charge in [-0.1, -0.05) is 6.07 Å². The van der Waals surface area contributed by atoms with Crippen LogP contribution in [0.5, 0.6) is 0 Å². The predicted molar refractivity (Wildman–Crippen MR) is 88.4 cm³/mol. The van der Waals surface area contributed by atoms with Crippen molar-refractivity contribution in [3.05, 3.63) is 58.4 Å². The topological polar surface area (TPSA) is 85.1 Å². The van der Waals surface area contributed by atoms with Crippen molar-refractivity contribution < 1.29 is 36.6 Å². The highest BCUT2D eigenvalue weighted by atomic mass is 19.4. The molecule has 0 radical (unpaired) electrons. The molecule has 11 heteroatoms. The molecule has 1 N–H and O–H groups in total. The minimum absolute atomic E-state index is 0.0144. The maximum Gasteiger partial charge on any atom is 0.433 e. The summed E-state index contributed by atoms with van der Waals surface area (Å²) in [6.07, 6.45) is -5.40. The second-order valence-electron chi connectivity index (χ2n) is 6.40. The summed E-state index contributed by atoms with van der Waals surface area (Å²) in [5.41, 5.74) is -2.83. The smallest absolute Gasteiger partial charge is 0.433 e. The third-order valence-electron chi connectivity index (χ3n) is 4.31. The van der Waals surface area contributed by atoms with Crippen LogP contribution in [0.15, 0.2) is 35.9 Å². The molecule has 0 unspecified atom stereocenters. The number of carbonyl (C=O) groups excluding carboxylic acids is 2. The number of aliphatic hydroxyl groups excluding tert-OH is 1. The van der Waals surface area contributed by atoms with E-state index in [9.17, 15) is 36.6 Å². The molecule has 0 aromatic carbocycles. The van der Waals surface area contributed by atoms with E-state index in [1.54, 1.807) is 0 Å². The van der Waals surface area contributed by atoms with Crippen LogP contribution in [0.1, 0.15) is 53.0 Å². The highest BCUT2D eigenvalue weighted by Crippen LogP contribution is 2.29. The van der Waals surface area contributed by atoms with E-state index in [0.29, 0.717) is 6.42 Å². The number of hydrogen-bond acceptors (Lipinski definition) is 5. The molecule has 1 aliphatic rings. The minimum atomic E-state index is -4.62. The zero-order chi connectivity index (χ0) is 21.3. The van der Waals surface area contributed by atoms with Crippen molar-refractivity contribution in [3.63, 3.8) is 0 Å². The Kier molecular flexibility index (Phi) is 5.49. The molecule has 6 nitrogen and oxygen atoms in total. The lowest BCUT2D eigenvalue weighted by atomic mass is 9.90. The fraction of sp³-hybridized carbons (Fsp3) is 0.333. The Morgan fingerprint density at radius 3 is 2.52 bits per heavy atom. The Balaban J connectivity index is 1.91. The number of pyridine rings is 1. The monoisotopic (exact) mass is 415 g/mol. The number of alkyl halides is 5. The zero-order valence-corrected chi connectivity index (χ0v) is 14.7. The Bertz CT molecular complexity index is 978. The number of aliphatic hydroxyl groups is 1. The Morgan fingerprint density at radius 1 is 1.24 bits per heavy atom. The number of aromatic nitrogens is 3. The standard InChI is InChI=1S/C18H14F5N3O3/c19-17(20)15-10(16(29)14-11(27)2-1-3-12(14)28)8-26(25-15)7-9-4-5-13(24-6-9)18(21,22)23/h4-6,8,17,27H,1-3,7H2. The zero-order valence-electron chi connectivity index (χ0n) is 14.7. The van der Waals surface area contributed by atoms with Crippen molar-refractivity contribution in [1.82, 2.24) is 14.8 Å². The third-order valence-corrected chi connectivity index (χ3v) is 4.31. The molecule has 0 bridgehead atoms. The summed E-state index contributed by atoms with van der Waals surface area (Å²) in [5.74, 6) is -2.15. The molecule has 0 amide bonds. The van der Waals surface area contributed by atoms with Gasteiger partial charge < -0.3 is 5.11 Å². The largest absolute Gasteiger partial charge is 0.511 e. The molecule has 1 aliphatic carbocycles. The van der Waals surface area contributed by atoms with Crippen LogP contribution in [0.4, 0.5) is 22.0 Å². The molecule has 29 heavy (non-hydrogen) atoms. The third kappa shape index (κ3) is 4.33. The summed E-state index contributed by atoms with van der Waals surface area (Å²) in [7, 11) is 0. The van der Waals surface area contributed by atoms with Crippen LogP contribution in [0.25, 0.3) is 0 Å². The average Bonchev–Trinajstić information content (AvgIpc) is 3.05. The quantitative estimate of drug-likeness (QED) is 0.453. The fourth-order valence-corrected chi connectivity index (χ4v) is 2.95. The second kappa shape index (κ2) is 7.72. The number of ketones is 2. The summed E-state index contributed by atoms with van der Waals surface area (Å²) in [5, 5.41) is 13.5. The van der Waals surface area contributed by atoms with Gasteiger partial charge >= 0.3 is 6.18 Å². The molecule has 0 fully saturated rings. The highest BCUT2D eigenvalue weighted by Gasteiger charge is 2.33. The van der Waals surface area contributed by atoms with Crippen molar-refractivity contribution in [1.29, 1.82) is 0 Å². The molecule has 2 aromatic rings. The maximum atomic E-state index is 13.4. The number of hydrogen-bond donors (Lipinski definition) is 1. The lowest BCUT2D eigenvalue weighted by molar-refractivity contribution is -0.141. The number of Topliss-reactive ketones (excluding diaryl/α,β-unsaturated/α-hetero) is 2. The number of halogens is 5. The number of allylic oxidation sites excluding steroid dienone is 2. The van der Waals surface area contributed by atoms with Gasteiger partial charge in [0.2, 0.25) is 5.78 Å². The van der Waals surface area contributed by atoms with Crippen LogP contribution in [0.2, 0.25) is 0 Å². The van der Waals surface area contributed by atoms with Crippen LogP contribution in [0, 0.1) is 0 Å². The molecular formula is C18H14F5N3O3. The van der Waals surface area contributed by atoms with Crippen LogP contribution in [-0.4, -0.2) is 31.4 Å². The van der Waals surface area contributed by atoms with E-state index in [2.05, 4.69) is 10.1 Å². The van der Waals surface area contributed by atoms with Crippen LogP contribution in [0.3, 0.4) is 0 Å². The van der Waals surface area contributed by atoms with E-state index in [-0.39, 0.29) is 24.9 Å². The summed E-state index contributed by atoms with van der Waals surface area (Å²) in [6.45, 7) is -0.225. The van der Waals surface area contributed by atoms with Gasteiger partial charge in [-0.3, -0.25) is 19.3 Å². The number of nitrogens with zero attached hydrogens (tertiary/aromatic N) is 3.